The van der Waals surface area contributed by atoms with Crippen molar-refractivity contribution in [3.63, 3.8) is 0 Å². The van der Waals surface area contributed by atoms with Crippen molar-refractivity contribution in [2.75, 3.05) is 0 Å². The molecular formula is C9H13NS. The van der Waals surface area contributed by atoms with Crippen LogP contribution >= 0.6 is 11.8 Å². The molecule has 1 rings (SSSR count). The van der Waals surface area contributed by atoms with Gasteiger partial charge in [-0.1, -0.05) is 18.2 Å². The zero-order chi connectivity index (χ0) is 8.27. The van der Waals surface area contributed by atoms with Crippen LogP contribution in [0.2, 0.25) is 0 Å². The van der Waals surface area contributed by atoms with E-state index in [4.69, 9.17) is 0 Å². The highest BCUT2D eigenvalue weighted by Crippen LogP contribution is 2.28. The quantitative estimate of drug-likeness (QED) is 0.576. The normalized spacial score (nSPS) is 30.9. The fourth-order valence-corrected chi connectivity index (χ4v) is 2.23. The summed E-state index contributed by atoms with van der Waals surface area (Å²) in [6.45, 7) is 7.84. The van der Waals surface area contributed by atoms with E-state index >= 15 is 0 Å². The maximum Gasteiger partial charge on any atom is 0.0844 e. The Labute approximate surface area is 72.3 Å². The molecule has 1 heterocycles. The van der Waals surface area contributed by atoms with Crippen molar-refractivity contribution in [3.8, 4) is 0 Å². The summed E-state index contributed by atoms with van der Waals surface area (Å²) in [5, 5.41) is 1.65. The summed E-state index contributed by atoms with van der Waals surface area (Å²) >= 11 is 1.81. The van der Waals surface area contributed by atoms with E-state index in [0.717, 1.165) is 5.04 Å². The van der Waals surface area contributed by atoms with Crippen LogP contribution in [0.1, 0.15) is 13.8 Å². The van der Waals surface area contributed by atoms with Gasteiger partial charge in [-0.15, -0.1) is 18.3 Å². The second kappa shape index (κ2) is 3.77. The molecule has 0 saturated heterocycles. The second-order valence-corrected chi connectivity index (χ2v) is 3.85. The topological polar surface area (TPSA) is 12.4 Å². The van der Waals surface area contributed by atoms with Crippen LogP contribution in [-0.4, -0.2) is 16.3 Å². The van der Waals surface area contributed by atoms with Gasteiger partial charge in [-0.2, -0.15) is 0 Å². The summed E-state index contributed by atoms with van der Waals surface area (Å²) in [5.74, 6) is 0. The number of nitrogens with zero attached hydrogens (tertiary/aromatic N) is 1. The minimum Gasteiger partial charge on any atom is -0.274 e. The minimum absolute atomic E-state index is 0.288. The fourth-order valence-electron chi connectivity index (χ4n) is 1.11. The van der Waals surface area contributed by atoms with Gasteiger partial charge in [0, 0.05) is 0 Å². The van der Waals surface area contributed by atoms with Crippen LogP contribution in [0.25, 0.3) is 0 Å². The molecule has 1 aliphatic rings. The van der Waals surface area contributed by atoms with Crippen molar-refractivity contribution in [2.45, 2.75) is 25.1 Å². The van der Waals surface area contributed by atoms with Gasteiger partial charge in [0.25, 0.3) is 0 Å². The fraction of sp³-hybridized carbons (Fsp3) is 0.444. The summed E-state index contributed by atoms with van der Waals surface area (Å²) < 4.78 is 0. The number of aliphatic imine (C=N–C) groups is 1. The van der Waals surface area contributed by atoms with Crippen molar-refractivity contribution in [3.05, 3.63) is 24.8 Å². The van der Waals surface area contributed by atoms with Crippen molar-refractivity contribution < 1.29 is 0 Å². The van der Waals surface area contributed by atoms with Crippen molar-refractivity contribution >= 4 is 16.8 Å². The molecule has 0 N–H and O–H groups in total. The Morgan fingerprint density at radius 1 is 1.64 bits per heavy atom. The van der Waals surface area contributed by atoms with E-state index in [2.05, 4.69) is 23.7 Å². The predicted octanol–water partition coefficient (Wildman–Crippen LogP) is 2.65. The third kappa shape index (κ3) is 1.96. The summed E-state index contributed by atoms with van der Waals surface area (Å²) in [6.07, 6.45) is 6.16. The van der Waals surface area contributed by atoms with Gasteiger partial charge in [-0.25, -0.2) is 0 Å². The Morgan fingerprint density at radius 2 is 2.36 bits per heavy atom. The van der Waals surface area contributed by atoms with Crippen LogP contribution in [0, 0.1) is 0 Å². The van der Waals surface area contributed by atoms with Gasteiger partial charge in [-0.05, 0) is 13.8 Å². The molecule has 0 aromatic heterocycles. The number of allylic oxidation sites excluding steroid dienone is 1. The van der Waals surface area contributed by atoms with Crippen LogP contribution in [0.4, 0.5) is 0 Å². The molecule has 2 atom stereocenters. The molecular weight excluding hydrogens is 154 g/mol. The SMILES string of the molecule is C=CC1N=C(C)SC1/C=C\C. The summed E-state index contributed by atoms with van der Waals surface area (Å²) in [5.41, 5.74) is 0. The van der Waals surface area contributed by atoms with Crippen LogP contribution in [0.15, 0.2) is 29.8 Å². The maximum atomic E-state index is 4.42. The number of rotatable bonds is 2. The average Bonchev–Trinajstić information content (AvgIpc) is 2.32. The van der Waals surface area contributed by atoms with Gasteiger partial charge in [0.05, 0.1) is 16.3 Å². The van der Waals surface area contributed by atoms with Gasteiger partial charge in [0.2, 0.25) is 0 Å². The van der Waals surface area contributed by atoms with Crippen LogP contribution in [0.5, 0.6) is 0 Å². The lowest BCUT2D eigenvalue weighted by molar-refractivity contribution is 0.872. The highest BCUT2D eigenvalue weighted by Gasteiger charge is 2.22. The summed E-state index contributed by atoms with van der Waals surface area (Å²) in [7, 11) is 0. The largest absolute Gasteiger partial charge is 0.274 e. The number of hydrogen-bond acceptors (Lipinski definition) is 2. The summed E-state index contributed by atoms with van der Waals surface area (Å²) in [6, 6.07) is 0.288. The molecule has 2 heteroatoms. The molecule has 0 fully saturated rings. The molecule has 0 saturated carbocycles. The Hall–Kier alpha value is -0.500. The Morgan fingerprint density at radius 3 is 2.91 bits per heavy atom. The highest BCUT2D eigenvalue weighted by atomic mass is 32.2. The standard InChI is InChI=1S/C9H13NS/c1-4-6-9-8(5-2)10-7(3)11-9/h4-6,8-9H,2H2,1,3H3/b6-4-. The first-order valence-electron chi connectivity index (χ1n) is 3.74. The smallest absolute Gasteiger partial charge is 0.0844 e. The lowest BCUT2D eigenvalue weighted by Crippen LogP contribution is -2.10. The van der Waals surface area contributed by atoms with E-state index in [1.807, 2.05) is 31.7 Å². The third-order valence-electron chi connectivity index (χ3n) is 1.60. The molecule has 60 valence electrons. The molecule has 0 bridgehead atoms. The lowest BCUT2D eigenvalue weighted by Gasteiger charge is -2.06. The number of thioether (sulfide) groups is 1. The first-order chi connectivity index (χ1) is 5.27. The van der Waals surface area contributed by atoms with E-state index in [1.165, 1.54) is 0 Å². The van der Waals surface area contributed by atoms with E-state index < -0.39 is 0 Å². The highest BCUT2D eigenvalue weighted by molar-refractivity contribution is 8.14. The van der Waals surface area contributed by atoms with Gasteiger partial charge < -0.3 is 0 Å². The molecule has 1 aliphatic heterocycles. The molecule has 0 radical (unpaired) electrons. The molecule has 0 spiro atoms. The third-order valence-corrected chi connectivity index (χ3v) is 2.75. The lowest BCUT2D eigenvalue weighted by atomic mass is 10.2. The molecule has 2 unspecified atom stereocenters. The van der Waals surface area contributed by atoms with Crippen molar-refractivity contribution in [2.24, 2.45) is 4.99 Å². The molecule has 11 heavy (non-hydrogen) atoms. The maximum absolute atomic E-state index is 4.42. The Kier molecular flexibility index (Phi) is 2.94. The Balaban J connectivity index is 2.65. The zero-order valence-electron chi connectivity index (χ0n) is 6.95. The molecule has 1 nitrogen and oxygen atoms in total. The van der Waals surface area contributed by atoms with Crippen molar-refractivity contribution in [1.82, 2.24) is 0 Å². The van der Waals surface area contributed by atoms with Gasteiger partial charge in [-0.3, -0.25) is 4.99 Å². The van der Waals surface area contributed by atoms with E-state index in [0.29, 0.717) is 5.25 Å². The average molecular weight is 167 g/mol. The van der Waals surface area contributed by atoms with E-state index in [-0.39, 0.29) is 6.04 Å². The van der Waals surface area contributed by atoms with Crippen LogP contribution in [0.3, 0.4) is 0 Å². The molecule has 0 amide bonds. The van der Waals surface area contributed by atoms with Gasteiger partial charge in [0.15, 0.2) is 0 Å². The van der Waals surface area contributed by atoms with E-state index in [9.17, 15) is 0 Å². The van der Waals surface area contributed by atoms with Crippen LogP contribution in [-0.2, 0) is 0 Å². The van der Waals surface area contributed by atoms with Crippen LogP contribution < -0.4 is 0 Å². The van der Waals surface area contributed by atoms with Gasteiger partial charge >= 0.3 is 0 Å². The molecule has 0 aromatic carbocycles. The molecule has 0 aliphatic carbocycles. The number of hydrogen-bond donors (Lipinski definition) is 0. The first-order valence-corrected chi connectivity index (χ1v) is 4.62. The Bertz CT molecular complexity index is 206. The second-order valence-electron chi connectivity index (χ2n) is 2.48. The predicted molar refractivity (Wildman–Crippen MR) is 53.3 cm³/mol. The zero-order valence-corrected chi connectivity index (χ0v) is 7.77. The molecule has 0 aromatic rings. The monoisotopic (exact) mass is 167 g/mol. The van der Waals surface area contributed by atoms with Crippen molar-refractivity contribution in [1.29, 1.82) is 0 Å². The minimum atomic E-state index is 0.288. The van der Waals surface area contributed by atoms with Gasteiger partial charge in [0.1, 0.15) is 0 Å². The first kappa shape index (κ1) is 8.60. The van der Waals surface area contributed by atoms with E-state index in [1.54, 1.807) is 0 Å². The summed E-state index contributed by atoms with van der Waals surface area (Å²) in [4.78, 5) is 4.42.